The van der Waals surface area contributed by atoms with Gasteiger partial charge in [0.15, 0.2) is 5.03 Å². The van der Waals surface area contributed by atoms with Crippen LogP contribution in [0.1, 0.15) is 25.7 Å². The Balaban J connectivity index is 2.39. The summed E-state index contributed by atoms with van der Waals surface area (Å²) < 4.78 is 28.7. The molecule has 0 radical (unpaired) electrons. The molecule has 0 aliphatic heterocycles. The van der Waals surface area contributed by atoms with Crippen molar-refractivity contribution in [2.75, 3.05) is 0 Å². The molecular weight excluding hydrogens is 308 g/mol. The van der Waals surface area contributed by atoms with Crippen molar-refractivity contribution in [2.45, 2.75) is 36.2 Å². The molecule has 2 rings (SSSR count). The van der Waals surface area contributed by atoms with Gasteiger partial charge < -0.3 is 5.73 Å². The van der Waals surface area contributed by atoms with Crippen molar-refractivity contribution in [3.8, 4) is 0 Å². The Bertz CT molecular complexity index is 586. The van der Waals surface area contributed by atoms with Crippen LogP contribution in [-0.4, -0.2) is 28.7 Å². The van der Waals surface area contributed by atoms with E-state index in [-0.39, 0.29) is 15.0 Å². The molecule has 0 spiro atoms. The van der Waals surface area contributed by atoms with Crippen molar-refractivity contribution in [3.63, 3.8) is 0 Å². The highest BCUT2D eigenvalue weighted by Gasteiger charge is 2.41. The summed E-state index contributed by atoms with van der Waals surface area (Å²) in [7, 11) is -2.30. The molecule has 3 N–H and O–H groups in total. The number of aryl methyl sites for hydroxylation is 1. The minimum Gasteiger partial charge on any atom is -0.392 e. The lowest BCUT2D eigenvalue weighted by molar-refractivity contribution is 0.495. The third kappa shape index (κ3) is 2.62. The first-order valence-electron chi connectivity index (χ1n) is 5.80. The summed E-state index contributed by atoms with van der Waals surface area (Å²) in [4.78, 5) is 0.173. The van der Waals surface area contributed by atoms with Gasteiger partial charge in [-0.1, -0.05) is 36.7 Å². The molecule has 106 valence electrons. The second-order valence-corrected chi connectivity index (χ2v) is 7.12. The Morgan fingerprint density at radius 1 is 1.58 bits per heavy atom. The molecule has 6 nitrogen and oxygen atoms in total. The summed E-state index contributed by atoms with van der Waals surface area (Å²) in [5, 5.41) is 3.83. The molecule has 1 heterocycles. The second-order valence-electron chi connectivity index (χ2n) is 4.68. The monoisotopic (exact) mass is 322 g/mol. The fraction of sp³-hybridized carbons (Fsp3) is 0.600. The molecule has 1 saturated carbocycles. The number of hydrogen-bond donors (Lipinski definition) is 2. The normalized spacial score (nSPS) is 18.6. The predicted molar refractivity (Wildman–Crippen MR) is 76.5 cm³/mol. The molecule has 1 aromatic heterocycles. The van der Waals surface area contributed by atoms with E-state index in [1.165, 1.54) is 17.9 Å². The van der Waals surface area contributed by atoms with Crippen LogP contribution in [0.15, 0.2) is 11.2 Å². The SMILES string of the molecule is Cn1ncc(Cl)c1S(=O)(=O)NC1(C(N)=S)CCCC1. The van der Waals surface area contributed by atoms with Crippen molar-refractivity contribution >= 4 is 38.8 Å². The van der Waals surface area contributed by atoms with Gasteiger partial charge in [-0.15, -0.1) is 0 Å². The summed E-state index contributed by atoms with van der Waals surface area (Å²) in [6, 6.07) is 0. The lowest BCUT2D eigenvalue weighted by Crippen LogP contribution is -2.54. The average Bonchev–Trinajstić information content (AvgIpc) is 2.86. The van der Waals surface area contributed by atoms with Gasteiger partial charge in [-0.25, -0.2) is 8.42 Å². The van der Waals surface area contributed by atoms with Gasteiger partial charge in [-0.2, -0.15) is 9.82 Å². The van der Waals surface area contributed by atoms with Gasteiger partial charge in [0.25, 0.3) is 10.0 Å². The van der Waals surface area contributed by atoms with E-state index in [0.717, 1.165) is 12.8 Å². The van der Waals surface area contributed by atoms with Gasteiger partial charge in [-0.05, 0) is 12.8 Å². The molecule has 1 fully saturated rings. The van der Waals surface area contributed by atoms with E-state index >= 15 is 0 Å². The Morgan fingerprint density at radius 3 is 2.58 bits per heavy atom. The van der Waals surface area contributed by atoms with Gasteiger partial charge in [0.1, 0.15) is 0 Å². The van der Waals surface area contributed by atoms with Crippen LogP contribution in [0.5, 0.6) is 0 Å². The molecule has 0 atom stereocenters. The third-order valence-electron chi connectivity index (χ3n) is 3.36. The van der Waals surface area contributed by atoms with Crippen LogP contribution in [-0.2, 0) is 17.1 Å². The van der Waals surface area contributed by atoms with Crippen molar-refractivity contribution in [2.24, 2.45) is 12.8 Å². The van der Waals surface area contributed by atoms with Crippen molar-refractivity contribution in [3.05, 3.63) is 11.2 Å². The maximum atomic E-state index is 12.4. The highest BCUT2D eigenvalue weighted by Crippen LogP contribution is 2.32. The zero-order valence-corrected chi connectivity index (χ0v) is 12.8. The van der Waals surface area contributed by atoms with Crippen molar-refractivity contribution in [1.29, 1.82) is 0 Å². The molecule has 9 heteroatoms. The van der Waals surface area contributed by atoms with E-state index in [1.54, 1.807) is 0 Å². The molecular formula is C10H15ClN4O2S2. The lowest BCUT2D eigenvalue weighted by Gasteiger charge is -2.28. The maximum Gasteiger partial charge on any atom is 0.260 e. The van der Waals surface area contributed by atoms with Gasteiger partial charge in [-0.3, -0.25) is 4.68 Å². The van der Waals surface area contributed by atoms with E-state index < -0.39 is 15.6 Å². The number of rotatable bonds is 4. The number of thiocarbonyl (C=S) groups is 1. The largest absolute Gasteiger partial charge is 0.392 e. The fourth-order valence-corrected chi connectivity index (χ4v) is 4.80. The topological polar surface area (TPSA) is 90.0 Å². The second kappa shape index (κ2) is 5.01. The zero-order chi connectivity index (χ0) is 14.3. The van der Waals surface area contributed by atoms with Crippen LogP contribution in [0.2, 0.25) is 5.02 Å². The number of halogens is 1. The first kappa shape index (κ1) is 14.7. The predicted octanol–water partition coefficient (Wildman–Crippen LogP) is 0.951. The number of nitrogens with one attached hydrogen (secondary N) is 1. The molecule has 0 saturated heterocycles. The number of aromatic nitrogens is 2. The van der Waals surface area contributed by atoms with E-state index in [4.69, 9.17) is 29.6 Å². The van der Waals surface area contributed by atoms with Crippen LogP contribution in [0.3, 0.4) is 0 Å². The van der Waals surface area contributed by atoms with Gasteiger partial charge in [0.2, 0.25) is 0 Å². The minimum atomic E-state index is -3.81. The van der Waals surface area contributed by atoms with Gasteiger partial charge >= 0.3 is 0 Å². The van der Waals surface area contributed by atoms with E-state index in [1.807, 2.05) is 0 Å². The molecule has 1 aromatic rings. The molecule has 1 aliphatic rings. The first-order valence-corrected chi connectivity index (χ1v) is 8.07. The molecule has 0 unspecified atom stereocenters. The summed E-state index contributed by atoms with van der Waals surface area (Å²) in [5.74, 6) is 0. The third-order valence-corrected chi connectivity index (χ3v) is 5.79. The van der Waals surface area contributed by atoms with E-state index in [0.29, 0.717) is 12.8 Å². The van der Waals surface area contributed by atoms with E-state index in [2.05, 4.69) is 9.82 Å². The summed E-state index contributed by atoms with van der Waals surface area (Å²) >= 11 is 10.9. The number of hydrogen-bond acceptors (Lipinski definition) is 4. The zero-order valence-electron chi connectivity index (χ0n) is 10.4. The highest BCUT2D eigenvalue weighted by molar-refractivity contribution is 7.89. The molecule has 0 bridgehead atoms. The maximum absolute atomic E-state index is 12.4. The van der Waals surface area contributed by atoms with Crippen LogP contribution >= 0.6 is 23.8 Å². The summed E-state index contributed by atoms with van der Waals surface area (Å²) in [6.07, 6.45) is 4.28. The Hall–Kier alpha value is -0.700. The molecule has 0 aromatic carbocycles. The Labute approximate surface area is 122 Å². The lowest BCUT2D eigenvalue weighted by atomic mass is 10.00. The quantitative estimate of drug-likeness (QED) is 0.806. The van der Waals surface area contributed by atoms with Gasteiger partial charge in [0, 0.05) is 7.05 Å². The van der Waals surface area contributed by atoms with Gasteiger partial charge in [0.05, 0.1) is 21.7 Å². The Morgan fingerprint density at radius 2 is 2.16 bits per heavy atom. The number of nitrogens with two attached hydrogens (primary N) is 1. The first-order chi connectivity index (χ1) is 8.78. The summed E-state index contributed by atoms with van der Waals surface area (Å²) in [5.41, 5.74) is 4.87. The molecule has 19 heavy (non-hydrogen) atoms. The van der Waals surface area contributed by atoms with Crippen LogP contribution < -0.4 is 10.5 Å². The van der Waals surface area contributed by atoms with E-state index in [9.17, 15) is 8.42 Å². The van der Waals surface area contributed by atoms with Crippen LogP contribution in [0.4, 0.5) is 0 Å². The van der Waals surface area contributed by atoms with Crippen molar-refractivity contribution < 1.29 is 8.42 Å². The smallest absolute Gasteiger partial charge is 0.260 e. The highest BCUT2D eigenvalue weighted by atomic mass is 35.5. The van der Waals surface area contributed by atoms with Crippen LogP contribution in [0.25, 0.3) is 0 Å². The summed E-state index contributed by atoms with van der Waals surface area (Å²) in [6.45, 7) is 0. The fourth-order valence-electron chi connectivity index (χ4n) is 2.38. The van der Waals surface area contributed by atoms with Crippen LogP contribution in [0, 0.1) is 0 Å². The standard InChI is InChI=1S/C10H15ClN4O2S2/c1-15-8(7(11)6-13-15)19(16,17)14-10(9(12)18)4-2-3-5-10/h6,14H,2-5H2,1H3,(H2,12,18). The average molecular weight is 323 g/mol. The Kier molecular flexibility index (Phi) is 3.87. The molecule has 0 amide bonds. The minimum absolute atomic E-state index is 0.0725. The van der Waals surface area contributed by atoms with Crippen molar-refractivity contribution in [1.82, 2.24) is 14.5 Å². The number of sulfonamides is 1. The molecule has 1 aliphatic carbocycles. The number of nitrogens with zero attached hydrogens (tertiary/aromatic N) is 2.